The minimum absolute atomic E-state index is 0.771. The SMILES string of the molecule is CCCNC1CCCC1N1CC(C)CC1C. The predicted molar refractivity (Wildman–Crippen MR) is 69.7 cm³/mol. The molecule has 4 unspecified atom stereocenters. The molecule has 2 rings (SSSR count). The maximum Gasteiger partial charge on any atom is 0.0252 e. The Morgan fingerprint density at radius 2 is 2.06 bits per heavy atom. The van der Waals surface area contributed by atoms with E-state index in [-0.39, 0.29) is 0 Å². The van der Waals surface area contributed by atoms with Crippen LogP contribution in [0.4, 0.5) is 0 Å². The smallest absolute Gasteiger partial charge is 0.0252 e. The van der Waals surface area contributed by atoms with Crippen molar-refractivity contribution in [3.05, 3.63) is 0 Å². The molecular weight excluding hydrogens is 196 g/mol. The molecule has 0 aromatic heterocycles. The molecule has 2 fully saturated rings. The second-order valence-corrected chi connectivity index (χ2v) is 5.95. The summed E-state index contributed by atoms with van der Waals surface area (Å²) in [6, 6.07) is 2.41. The molecule has 0 aromatic carbocycles. The first kappa shape index (κ1) is 12.4. The van der Waals surface area contributed by atoms with E-state index in [2.05, 4.69) is 31.0 Å². The first-order valence-corrected chi connectivity index (χ1v) is 7.21. The maximum atomic E-state index is 3.75. The summed E-state index contributed by atoms with van der Waals surface area (Å²) < 4.78 is 0. The third-order valence-corrected chi connectivity index (χ3v) is 4.39. The lowest BCUT2D eigenvalue weighted by atomic mass is 10.1. The molecule has 1 N–H and O–H groups in total. The Labute approximate surface area is 101 Å². The van der Waals surface area contributed by atoms with Crippen LogP contribution in [0.5, 0.6) is 0 Å². The van der Waals surface area contributed by atoms with Gasteiger partial charge in [0, 0.05) is 24.7 Å². The van der Waals surface area contributed by atoms with Crippen LogP contribution in [0.15, 0.2) is 0 Å². The van der Waals surface area contributed by atoms with Gasteiger partial charge >= 0.3 is 0 Å². The van der Waals surface area contributed by atoms with Crippen LogP contribution in [-0.2, 0) is 0 Å². The molecule has 0 bridgehead atoms. The summed E-state index contributed by atoms with van der Waals surface area (Å²) in [5, 5.41) is 3.75. The minimum atomic E-state index is 0.771. The van der Waals surface area contributed by atoms with Crippen LogP contribution in [-0.4, -0.2) is 36.1 Å². The zero-order valence-electron chi connectivity index (χ0n) is 11.2. The second-order valence-electron chi connectivity index (χ2n) is 5.95. The van der Waals surface area contributed by atoms with Gasteiger partial charge in [-0.15, -0.1) is 0 Å². The van der Waals surface area contributed by atoms with Crippen LogP contribution in [0.2, 0.25) is 0 Å². The van der Waals surface area contributed by atoms with E-state index in [1.165, 1.54) is 45.2 Å². The molecule has 1 saturated heterocycles. The van der Waals surface area contributed by atoms with Crippen molar-refractivity contribution in [3.8, 4) is 0 Å². The number of nitrogens with zero attached hydrogens (tertiary/aromatic N) is 1. The first-order valence-electron chi connectivity index (χ1n) is 7.21. The molecule has 16 heavy (non-hydrogen) atoms. The van der Waals surface area contributed by atoms with Gasteiger partial charge in [0.05, 0.1) is 0 Å². The average Bonchev–Trinajstić information content (AvgIpc) is 2.81. The molecule has 0 aromatic rings. The first-order chi connectivity index (χ1) is 7.72. The van der Waals surface area contributed by atoms with E-state index in [4.69, 9.17) is 0 Å². The molecule has 2 heteroatoms. The lowest BCUT2D eigenvalue weighted by Gasteiger charge is -2.33. The summed E-state index contributed by atoms with van der Waals surface area (Å²) in [6.45, 7) is 9.60. The molecule has 1 heterocycles. The zero-order chi connectivity index (χ0) is 11.5. The lowest BCUT2D eigenvalue weighted by molar-refractivity contribution is 0.163. The van der Waals surface area contributed by atoms with Gasteiger partial charge in [-0.2, -0.15) is 0 Å². The monoisotopic (exact) mass is 224 g/mol. The quantitative estimate of drug-likeness (QED) is 0.790. The van der Waals surface area contributed by atoms with Gasteiger partial charge < -0.3 is 5.32 Å². The fourth-order valence-corrected chi connectivity index (χ4v) is 3.70. The summed E-state index contributed by atoms with van der Waals surface area (Å²) >= 11 is 0. The average molecular weight is 224 g/mol. The highest BCUT2D eigenvalue weighted by Gasteiger charge is 2.37. The van der Waals surface area contributed by atoms with E-state index >= 15 is 0 Å². The maximum absolute atomic E-state index is 3.75. The minimum Gasteiger partial charge on any atom is -0.312 e. The highest BCUT2D eigenvalue weighted by atomic mass is 15.2. The Hall–Kier alpha value is -0.0800. The molecule has 1 aliphatic heterocycles. The largest absolute Gasteiger partial charge is 0.312 e. The van der Waals surface area contributed by atoms with Crippen molar-refractivity contribution in [2.24, 2.45) is 5.92 Å². The third-order valence-electron chi connectivity index (χ3n) is 4.39. The van der Waals surface area contributed by atoms with Crippen molar-refractivity contribution in [2.75, 3.05) is 13.1 Å². The summed E-state index contributed by atoms with van der Waals surface area (Å²) in [4.78, 5) is 2.78. The van der Waals surface area contributed by atoms with Crippen molar-refractivity contribution >= 4 is 0 Å². The molecule has 4 atom stereocenters. The molecule has 1 saturated carbocycles. The molecule has 0 amide bonds. The van der Waals surface area contributed by atoms with Crippen molar-refractivity contribution in [1.82, 2.24) is 10.2 Å². The van der Waals surface area contributed by atoms with Gasteiger partial charge in [0.2, 0.25) is 0 Å². The van der Waals surface area contributed by atoms with Crippen LogP contribution in [0.1, 0.15) is 52.9 Å². The standard InChI is InChI=1S/C14H28N2/c1-4-8-15-13-6-5-7-14(13)16-10-11(2)9-12(16)3/h11-15H,4-10H2,1-3H3. The summed E-state index contributed by atoms with van der Waals surface area (Å²) in [5.74, 6) is 0.905. The van der Waals surface area contributed by atoms with Gasteiger partial charge in [-0.05, 0) is 45.1 Å². The van der Waals surface area contributed by atoms with Gasteiger partial charge in [0.25, 0.3) is 0 Å². The van der Waals surface area contributed by atoms with Crippen molar-refractivity contribution in [3.63, 3.8) is 0 Å². The molecule has 0 spiro atoms. The number of hydrogen-bond donors (Lipinski definition) is 1. The van der Waals surface area contributed by atoms with Crippen LogP contribution < -0.4 is 5.32 Å². The zero-order valence-corrected chi connectivity index (χ0v) is 11.2. The summed E-state index contributed by atoms with van der Waals surface area (Å²) in [7, 11) is 0. The molecule has 2 nitrogen and oxygen atoms in total. The van der Waals surface area contributed by atoms with Crippen molar-refractivity contribution in [1.29, 1.82) is 0 Å². The molecule has 2 aliphatic rings. The molecule has 1 aliphatic carbocycles. The van der Waals surface area contributed by atoms with Gasteiger partial charge in [-0.25, -0.2) is 0 Å². The lowest BCUT2D eigenvalue weighted by Crippen LogP contribution is -2.48. The number of hydrogen-bond acceptors (Lipinski definition) is 2. The van der Waals surface area contributed by atoms with Crippen LogP contribution in [0, 0.1) is 5.92 Å². The van der Waals surface area contributed by atoms with Gasteiger partial charge in [0.1, 0.15) is 0 Å². The van der Waals surface area contributed by atoms with Gasteiger partial charge in [-0.3, -0.25) is 4.90 Å². The van der Waals surface area contributed by atoms with E-state index in [9.17, 15) is 0 Å². The predicted octanol–water partition coefficient (Wildman–Crippen LogP) is 2.64. The normalized spacial score (nSPS) is 40.7. The Balaban J connectivity index is 1.91. The third kappa shape index (κ3) is 2.60. The summed E-state index contributed by atoms with van der Waals surface area (Å²) in [6.07, 6.45) is 6.89. The fourth-order valence-electron chi connectivity index (χ4n) is 3.70. The van der Waals surface area contributed by atoms with Gasteiger partial charge in [0.15, 0.2) is 0 Å². The van der Waals surface area contributed by atoms with Crippen molar-refractivity contribution in [2.45, 2.75) is 71.0 Å². The van der Waals surface area contributed by atoms with E-state index in [1.807, 2.05) is 0 Å². The number of rotatable bonds is 4. The molecular formula is C14H28N2. The molecule has 94 valence electrons. The van der Waals surface area contributed by atoms with Crippen LogP contribution in [0.3, 0.4) is 0 Å². The fraction of sp³-hybridized carbons (Fsp3) is 1.00. The summed E-state index contributed by atoms with van der Waals surface area (Å²) in [5.41, 5.74) is 0. The Kier molecular flexibility index (Phi) is 4.26. The van der Waals surface area contributed by atoms with E-state index in [0.717, 1.165) is 24.0 Å². The second kappa shape index (κ2) is 5.50. The van der Waals surface area contributed by atoms with Gasteiger partial charge in [-0.1, -0.05) is 20.3 Å². The Morgan fingerprint density at radius 3 is 2.69 bits per heavy atom. The highest BCUT2D eigenvalue weighted by molar-refractivity contribution is 4.95. The molecule has 0 radical (unpaired) electrons. The van der Waals surface area contributed by atoms with Crippen molar-refractivity contribution < 1.29 is 0 Å². The number of nitrogens with one attached hydrogen (secondary N) is 1. The van der Waals surface area contributed by atoms with E-state index in [0.29, 0.717) is 0 Å². The highest BCUT2D eigenvalue weighted by Crippen LogP contribution is 2.32. The van der Waals surface area contributed by atoms with Crippen LogP contribution in [0.25, 0.3) is 0 Å². The Morgan fingerprint density at radius 1 is 1.25 bits per heavy atom. The Bertz CT molecular complexity index is 217. The van der Waals surface area contributed by atoms with E-state index in [1.54, 1.807) is 0 Å². The topological polar surface area (TPSA) is 15.3 Å². The number of likely N-dealkylation sites (tertiary alicyclic amines) is 1. The van der Waals surface area contributed by atoms with E-state index < -0.39 is 0 Å². The van der Waals surface area contributed by atoms with Crippen LogP contribution >= 0.6 is 0 Å².